The summed E-state index contributed by atoms with van der Waals surface area (Å²) in [6.07, 6.45) is 4.34. The van der Waals surface area contributed by atoms with Gasteiger partial charge in [0.25, 0.3) is 0 Å². The van der Waals surface area contributed by atoms with Gasteiger partial charge in [-0.2, -0.15) is 0 Å². The lowest BCUT2D eigenvalue weighted by molar-refractivity contribution is -0.122. The van der Waals surface area contributed by atoms with Crippen LogP contribution < -0.4 is 16.8 Å². The van der Waals surface area contributed by atoms with Crippen LogP contribution >= 0.6 is 0 Å². The number of nitrogens with two attached hydrogens (primary N) is 1. The summed E-state index contributed by atoms with van der Waals surface area (Å²) in [6, 6.07) is 5.20. The molecule has 0 spiro atoms. The molecule has 1 heterocycles. The lowest BCUT2D eigenvalue weighted by atomic mass is 10.2. The largest absolute Gasteiger partial charge is 0.420 e. The number of carbonyl (C=O) groups is 1. The molecule has 1 fully saturated rings. The molecule has 1 amide bonds. The third-order valence-corrected chi connectivity index (χ3v) is 3.71. The summed E-state index contributed by atoms with van der Waals surface area (Å²) in [4.78, 5) is 23.8. The number of carbonyl (C=O) groups excluding carboxylic acids is 1. The van der Waals surface area contributed by atoms with E-state index in [1.165, 1.54) is 4.57 Å². The first-order chi connectivity index (χ1) is 9.63. The van der Waals surface area contributed by atoms with E-state index in [2.05, 4.69) is 5.32 Å². The van der Waals surface area contributed by atoms with Gasteiger partial charge in [0.05, 0.1) is 5.52 Å². The molecule has 3 rings (SSSR count). The number of fused-ring (bicyclic) bond motifs is 1. The van der Waals surface area contributed by atoms with E-state index < -0.39 is 5.76 Å². The normalized spacial score (nSPS) is 15.8. The highest BCUT2D eigenvalue weighted by molar-refractivity contribution is 5.81. The van der Waals surface area contributed by atoms with Gasteiger partial charge in [-0.25, -0.2) is 4.79 Å². The lowest BCUT2D eigenvalue weighted by Crippen LogP contribution is -2.36. The van der Waals surface area contributed by atoms with E-state index in [1.807, 2.05) is 0 Å². The standard InChI is InChI=1S/C14H17N3O3/c15-9-5-6-11-12(7-9)20-14(19)17(11)8-13(18)16-10-3-1-2-4-10/h5-7,10H,1-4,8,15H2,(H,16,18). The number of oxazole rings is 1. The van der Waals surface area contributed by atoms with Crippen molar-refractivity contribution in [2.75, 3.05) is 5.73 Å². The highest BCUT2D eigenvalue weighted by Gasteiger charge is 2.19. The minimum absolute atomic E-state index is 0.0216. The molecule has 1 aromatic carbocycles. The Balaban J connectivity index is 1.81. The smallest absolute Gasteiger partial charge is 0.408 e. The molecule has 0 bridgehead atoms. The van der Waals surface area contributed by atoms with Gasteiger partial charge in [-0.1, -0.05) is 12.8 Å². The molecule has 1 aromatic heterocycles. The predicted octanol–water partition coefficient (Wildman–Crippen LogP) is 1.24. The molecule has 0 aliphatic heterocycles. The number of nitrogen functional groups attached to an aromatic ring is 1. The van der Waals surface area contributed by atoms with Crippen molar-refractivity contribution in [3.05, 3.63) is 28.7 Å². The molecule has 2 aromatic rings. The maximum atomic E-state index is 12.0. The second kappa shape index (κ2) is 5.03. The SMILES string of the molecule is Nc1ccc2c(c1)oc(=O)n2CC(=O)NC1CCCC1. The highest BCUT2D eigenvalue weighted by Crippen LogP contribution is 2.18. The van der Waals surface area contributed by atoms with Gasteiger partial charge in [0.2, 0.25) is 5.91 Å². The predicted molar refractivity (Wildman–Crippen MR) is 75.3 cm³/mol. The Morgan fingerprint density at radius 1 is 1.40 bits per heavy atom. The Bertz CT molecular complexity index is 695. The van der Waals surface area contributed by atoms with Gasteiger partial charge in [0.15, 0.2) is 5.58 Å². The molecule has 3 N–H and O–H groups in total. The first kappa shape index (κ1) is 12.8. The van der Waals surface area contributed by atoms with Crippen LogP contribution in [0.3, 0.4) is 0 Å². The van der Waals surface area contributed by atoms with Crippen molar-refractivity contribution in [2.45, 2.75) is 38.3 Å². The number of hydrogen-bond donors (Lipinski definition) is 2. The summed E-state index contributed by atoms with van der Waals surface area (Å²) in [6.45, 7) is -0.0216. The van der Waals surface area contributed by atoms with E-state index in [9.17, 15) is 9.59 Å². The molecule has 0 saturated heterocycles. The van der Waals surface area contributed by atoms with Gasteiger partial charge in [0, 0.05) is 17.8 Å². The summed E-state index contributed by atoms with van der Waals surface area (Å²) >= 11 is 0. The maximum absolute atomic E-state index is 12.0. The monoisotopic (exact) mass is 275 g/mol. The Morgan fingerprint density at radius 2 is 2.15 bits per heavy atom. The fraction of sp³-hybridized carbons (Fsp3) is 0.429. The number of anilines is 1. The average molecular weight is 275 g/mol. The van der Waals surface area contributed by atoms with Crippen LogP contribution in [0, 0.1) is 0 Å². The number of rotatable bonds is 3. The molecule has 0 atom stereocenters. The van der Waals surface area contributed by atoms with E-state index in [1.54, 1.807) is 18.2 Å². The summed E-state index contributed by atoms with van der Waals surface area (Å²) in [5.41, 5.74) is 7.16. The fourth-order valence-electron chi connectivity index (χ4n) is 2.72. The van der Waals surface area contributed by atoms with Crippen molar-refractivity contribution in [1.29, 1.82) is 0 Å². The van der Waals surface area contributed by atoms with Crippen molar-refractivity contribution in [2.24, 2.45) is 0 Å². The van der Waals surface area contributed by atoms with Crippen LogP contribution in [-0.4, -0.2) is 16.5 Å². The van der Waals surface area contributed by atoms with E-state index in [0.717, 1.165) is 25.7 Å². The second-order valence-electron chi connectivity index (χ2n) is 5.23. The number of benzene rings is 1. The van der Waals surface area contributed by atoms with Gasteiger partial charge in [-0.05, 0) is 25.0 Å². The first-order valence-corrected chi connectivity index (χ1v) is 6.82. The Kier molecular flexibility index (Phi) is 3.22. The molecular weight excluding hydrogens is 258 g/mol. The molecule has 6 nitrogen and oxygen atoms in total. The molecule has 1 aliphatic carbocycles. The summed E-state index contributed by atoms with van der Waals surface area (Å²) in [7, 11) is 0. The van der Waals surface area contributed by atoms with Crippen molar-refractivity contribution in [1.82, 2.24) is 9.88 Å². The zero-order chi connectivity index (χ0) is 14.1. The summed E-state index contributed by atoms with van der Waals surface area (Å²) in [5.74, 6) is -0.689. The van der Waals surface area contributed by atoms with E-state index in [-0.39, 0.29) is 18.5 Å². The number of nitrogens with zero attached hydrogens (tertiary/aromatic N) is 1. The zero-order valence-corrected chi connectivity index (χ0v) is 11.1. The van der Waals surface area contributed by atoms with E-state index in [4.69, 9.17) is 10.2 Å². The minimum atomic E-state index is -0.535. The van der Waals surface area contributed by atoms with Gasteiger partial charge in [-0.3, -0.25) is 9.36 Å². The lowest BCUT2D eigenvalue weighted by Gasteiger charge is -2.11. The van der Waals surface area contributed by atoms with Gasteiger partial charge < -0.3 is 15.5 Å². The molecule has 106 valence electrons. The van der Waals surface area contributed by atoms with Crippen LogP contribution in [0.15, 0.2) is 27.4 Å². The fourth-order valence-corrected chi connectivity index (χ4v) is 2.72. The van der Waals surface area contributed by atoms with Crippen molar-refractivity contribution in [3.8, 4) is 0 Å². The molecule has 1 aliphatic rings. The Labute approximate surface area is 115 Å². The molecule has 0 radical (unpaired) electrons. The quantitative estimate of drug-likeness (QED) is 0.824. The number of aromatic nitrogens is 1. The summed E-state index contributed by atoms with van der Waals surface area (Å²) in [5, 5.41) is 2.96. The van der Waals surface area contributed by atoms with Gasteiger partial charge in [-0.15, -0.1) is 0 Å². The van der Waals surface area contributed by atoms with Crippen molar-refractivity contribution < 1.29 is 9.21 Å². The summed E-state index contributed by atoms with van der Waals surface area (Å²) < 4.78 is 6.43. The third-order valence-electron chi connectivity index (χ3n) is 3.71. The second-order valence-corrected chi connectivity index (χ2v) is 5.23. The molecule has 0 unspecified atom stereocenters. The highest BCUT2D eigenvalue weighted by atomic mass is 16.4. The van der Waals surface area contributed by atoms with Crippen LogP contribution in [0.5, 0.6) is 0 Å². The van der Waals surface area contributed by atoms with Crippen molar-refractivity contribution in [3.63, 3.8) is 0 Å². The number of hydrogen-bond acceptors (Lipinski definition) is 4. The van der Waals surface area contributed by atoms with E-state index >= 15 is 0 Å². The average Bonchev–Trinajstić information content (AvgIpc) is 2.98. The Hall–Kier alpha value is -2.24. The zero-order valence-electron chi connectivity index (χ0n) is 11.1. The van der Waals surface area contributed by atoms with Crippen LogP contribution in [-0.2, 0) is 11.3 Å². The van der Waals surface area contributed by atoms with Gasteiger partial charge >= 0.3 is 5.76 Å². The molecule has 1 saturated carbocycles. The maximum Gasteiger partial charge on any atom is 0.420 e. The molecule has 20 heavy (non-hydrogen) atoms. The number of amides is 1. The minimum Gasteiger partial charge on any atom is -0.408 e. The van der Waals surface area contributed by atoms with E-state index in [0.29, 0.717) is 16.8 Å². The van der Waals surface area contributed by atoms with Crippen LogP contribution in [0.2, 0.25) is 0 Å². The Morgan fingerprint density at radius 3 is 2.90 bits per heavy atom. The molecule has 6 heteroatoms. The topological polar surface area (TPSA) is 90.3 Å². The first-order valence-electron chi connectivity index (χ1n) is 6.82. The van der Waals surface area contributed by atoms with Gasteiger partial charge in [0.1, 0.15) is 6.54 Å². The van der Waals surface area contributed by atoms with Crippen LogP contribution in [0.25, 0.3) is 11.1 Å². The van der Waals surface area contributed by atoms with Crippen molar-refractivity contribution >= 4 is 22.7 Å². The molecular formula is C14H17N3O3. The van der Waals surface area contributed by atoms with Crippen LogP contribution in [0.4, 0.5) is 5.69 Å². The number of nitrogens with one attached hydrogen (secondary N) is 1. The van der Waals surface area contributed by atoms with Crippen LogP contribution in [0.1, 0.15) is 25.7 Å². The third kappa shape index (κ3) is 2.41.